The predicted octanol–water partition coefficient (Wildman–Crippen LogP) is 4.52. The number of methoxy groups -OCH3 is 1. The van der Waals surface area contributed by atoms with Gasteiger partial charge in [0.25, 0.3) is 0 Å². The quantitative estimate of drug-likeness (QED) is 0.492. The molecule has 0 unspecified atom stereocenters. The van der Waals surface area contributed by atoms with Crippen molar-refractivity contribution >= 4 is 33.3 Å². The maximum Gasteiger partial charge on any atom is 0.225 e. The standard InChI is InChI=1S/C20H15N5O2/c1-26-20-16-14-4-2-3-5-15(14)23-18(17(16)24-25-20)22-13-8-6-12(7-9-13)19-21-10-11-27-19/h2-11H,1H3,(H,22,23)(H,24,25). The Morgan fingerprint density at radius 1 is 1.07 bits per heavy atom. The van der Waals surface area contributed by atoms with Crippen LogP contribution < -0.4 is 10.1 Å². The number of oxazole rings is 1. The molecule has 5 rings (SSSR count). The highest BCUT2D eigenvalue weighted by atomic mass is 16.5. The Bertz CT molecular complexity index is 1230. The number of benzene rings is 2. The second-order valence-corrected chi connectivity index (χ2v) is 6.00. The summed E-state index contributed by atoms with van der Waals surface area (Å²) in [6.07, 6.45) is 3.18. The number of nitrogens with zero attached hydrogens (tertiary/aromatic N) is 3. The summed E-state index contributed by atoms with van der Waals surface area (Å²) in [6, 6.07) is 15.7. The van der Waals surface area contributed by atoms with E-state index < -0.39 is 0 Å². The first-order chi connectivity index (χ1) is 13.3. The Morgan fingerprint density at radius 3 is 2.70 bits per heavy atom. The smallest absolute Gasteiger partial charge is 0.225 e. The monoisotopic (exact) mass is 357 g/mol. The van der Waals surface area contributed by atoms with E-state index >= 15 is 0 Å². The van der Waals surface area contributed by atoms with Crippen LogP contribution in [0.25, 0.3) is 33.3 Å². The number of hydrogen-bond donors (Lipinski definition) is 2. The van der Waals surface area contributed by atoms with Crippen molar-refractivity contribution in [3.63, 3.8) is 0 Å². The van der Waals surface area contributed by atoms with Gasteiger partial charge in [-0.05, 0) is 30.3 Å². The first kappa shape index (κ1) is 15.4. The first-order valence-corrected chi connectivity index (χ1v) is 8.41. The number of H-pyrrole nitrogens is 1. The number of aromatic nitrogens is 4. The molecule has 7 heteroatoms. The number of pyridine rings is 1. The van der Waals surface area contributed by atoms with Crippen molar-refractivity contribution in [3.8, 4) is 17.3 Å². The van der Waals surface area contributed by atoms with Crippen LogP contribution in [-0.2, 0) is 0 Å². The molecule has 7 nitrogen and oxygen atoms in total. The van der Waals surface area contributed by atoms with Gasteiger partial charge < -0.3 is 14.5 Å². The van der Waals surface area contributed by atoms with E-state index in [4.69, 9.17) is 14.1 Å². The lowest BCUT2D eigenvalue weighted by molar-refractivity contribution is 0.401. The second kappa shape index (κ2) is 6.14. The molecule has 0 amide bonds. The third kappa shape index (κ3) is 2.56. The molecule has 3 heterocycles. The molecule has 0 aliphatic rings. The van der Waals surface area contributed by atoms with Crippen LogP contribution in [0.4, 0.5) is 11.5 Å². The lowest BCUT2D eigenvalue weighted by Crippen LogP contribution is -1.96. The van der Waals surface area contributed by atoms with E-state index in [1.165, 1.54) is 0 Å². The lowest BCUT2D eigenvalue weighted by atomic mass is 10.1. The van der Waals surface area contributed by atoms with Crippen LogP contribution in [0.15, 0.2) is 65.4 Å². The molecule has 3 aromatic heterocycles. The summed E-state index contributed by atoms with van der Waals surface area (Å²) < 4.78 is 10.8. The van der Waals surface area contributed by atoms with E-state index in [0.29, 0.717) is 17.6 Å². The summed E-state index contributed by atoms with van der Waals surface area (Å²) in [4.78, 5) is 8.90. The Morgan fingerprint density at radius 2 is 1.93 bits per heavy atom. The Labute approximate surface area is 154 Å². The van der Waals surface area contributed by atoms with Gasteiger partial charge in [-0.1, -0.05) is 18.2 Å². The predicted molar refractivity (Wildman–Crippen MR) is 103 cm³/mol. The van der Waals surface area contributed by atoms with Gasteiger partial charge in [-0.25, -0.2) is 15.1 Å². The lowest BCUT2D eigenvalue weighted by Gasteiger charge is -2.09. The van der Waals surface area contributed by atoms with Crippen LogP contribution in [0.1, 0.15) is 0 Å². The molecule has 0 aliphatic carbocycles. The van der Waals surface area contributed by atoms with Gasteiger partial charge in [0.1, 0.15) is 11.8 Å². The average Bonchev–Trinajstić information content (AvgIpc) is 3.39. The number of nitrogens with one attached hydrogen (secondary N) is 2. The van der Waals surface area contributed by atoms with Crippen LogP contribution in [0.2, 0.25) is 0 Å². The molecule has 0 fully saturated rings. The largest absolute Gasteiger partial charge is 0.481 e. The molecule has 0 saturated heterocycles. The topological polar surface area (TPSA) is 88.9 Å². The maximum atomic E-state index is 5.45. The zero-order chi connectivity index (χ0) is 18.2. The first-order valence-electron chi connectivity index (χ1n) is 8.41. The van der Waals surface area contributed by atoms with Crippen molar-refractivity contribution in [2.45, 2.75) is 0 Å². The number of anilines is 2. The van der Waals surface area contributed by atoms with E-state index in [1.54, 1.807) is 19.6 Å². The van der Waals surface area contributed by atoms with Crippen LogP contribution in [0.5, 0.6) is 5.88 Å². The molecular formula is C20H15N5O2. The van der Waals surface area contributed by atoms with Gasteiger partial charge in [0, 0.05) is 16.6 Å². The number of fused-ring (bicyclic) bond motifs is 3. The fourth-order valence-electron chi connectivity index (χ4n) is 3.14. The summed E-state index contributed by atoms with van der Waals surface area (Å²) in [5, 5.41) is 12.6. The molecule has 2 N–H and O–H groups in total. The fraction of sp³-hybridized carbons (Fsp3) is 0.0500. The van der Waals surface area contributed by atoms with Crippen molar-refractivity contribution in [3.05, 3.63) is 61.0 Å². The highest BCUT2D eigenvalue weighted by Crippen LogP contribution is 2.35. The molecular weight excluding hydrogens is 342 g/mol. The van der Waals surface area contributed by atoms with E-state index in [2.05, 4.69) is 20.5 Å². The molecule has 0 radical (unpaired) electrons. The highest BCUT2D eigenvalue weighted by Gasteiger charge is 2.16. The molecule has 0 bridgehead atoms. The fourth-order valence-corrected chi connectivity index (χ4v) is 3.14. The summed E-state index contributed by atoms with van der Waals surface area (Å²) in [5.74, 6) is 1.86. The zero-order valence-corrected chi connectivity index (χ0v) is 14.4. The van der Waals surface area contributed by atoms with Gasteiger partial charge >= 0.3 is 0 Å². The minimum atomic E-state index is 0.588. The van der Waals surface area contributed by atoms with Gasteiger partial charge in [0.2, 0.25) is 11.8 Å². The van der Waals surface area contributed by atoms with E-state index in [0.717, 1.165) is 33.1 Å². The molecule has 0 atom stereocenters. The summed E-state index contributed by atoms with van der Waals surface area (Å²) in [7, 11) is 1.62. The third-order valence-electron chi connectivity index (χ3n) is 4.39. The van der Waals surface area contributed by atoms with Gasteiger partial charge in [-0.15, -0.1) is 0 Å². The average molecular weight is 357 g/mol. The van der Waals surface area contributed by atoms with Crippen molar-refractivity contribution in [2.75, 3.05) is 12.4 Å². The number of ether oxygens (including phenoxy) is 1. The summed E-state index contributed by atoms with van der Waals surface area (Å²) in [5.41, 5.74) is 3.38. The molecule has 132 valence electrons. The second-order valence-electron chi connectivity index (χ2n) is 6.00. The number of hydrogen-bond acceptors (Lipinski definition) is 6. The van der Waals surface area contributed by atoms with Crippen molar-refractivity contribution in [2.24, 2.45) is 0 Å². The van der Waals surface area contributed by atoms with Crippen LogP contribution in [0.3, 0.4) is 0 Å². The van der Waals surface area contributed by atoms with Crippen LogP contribution in [-0.4, -0.2) is 27.3 Å². The molecule has 0 aliphatic heterocycles. The van der Waals surface area contributed by atoms with Gasteiger partial charge in [-0.2, -0.15) is 5.10 Å². The number of rotatable bonds is 4. The third-order valence-corrected chi connectivity index (χ3v) is 4.39. The van der Waals surface area contributed by atoms with Crippen LogP contribution >= 0.6 is 0 Å². The summed E-state index contributed by atoms with van der Waals surface area (Å²) >= 11 is 0. The zero-order valence-electron chi connectivity index (χ0n) is 14.4. The van der Waals surface area contributed by atoms with Gasteiger partial charge in [-0.3, -0.25) is 0 Å². The number of para-hydroxylation sites is 1. The maximum absolute atomic E-state index is 5.45. The van der Waals surface area contributed by atoms with Gasteiger partial charge in [0.15, 0.2) is 5.82 Å². The van der Waals surface area contributed by atoms with E-state index in [9.17, 15) is 0 Å². The van der Waals surface area contributed by atoms with Gasteiger partial charge in [0.05, 0.1) is 24.2 Å². The minimum Gasteiger partial charge on any atom is -0.481 e. The Balaban J connectivity index is 1.59. The number of aromatic amines is 1. The summed E-state index contributed by atoms with van der Waals surface area (Å²) in [6.45, 7) is 0. The molecule has 27 heavy (non-hydrogen) atoms. The molecule has 0 saturated carbocycles. The van der Waals surface area contributed by atoms with Crippen molar-refractivity contribution in [1.29, 1.82) is 0 Å². The van der Waals surface area contributed by atoms with E-state index in [-0.39, 0.29) is 0 Å². The highest BCUT2D eigenvalue weighted by molar-refractivity contribution is 6.11. The van der Waals surface area contributed by atoms with E-state index in [1.807, 2.05) is 48.5 Å². The Kier molecular flexibility index (Phi) is 3.50. The molecule has 5 aromatic rings. The molecule has 0 spiro atoms. The SMILES string of the molecule is COc1[nH]nc2c(Nc3ccc(-c4ncco4)cc3)nc3ccccc3c12. The Hall–Kier alpha value is -3.87. The normalized spacial score (nSPS) is 11.1. The van der Waals surface area contributed by atoms with Crippen molar-refractivity contribution in [1.82, 2.24) is 20.2 Å². The van der Waals surface area contributed by atoms with Crippen LogP contribution in [0, 0.1) is 0 Å². The van der Waals surface area contributed by atoms with Crippen molar-refractivity contribution < 1.29 is 9.15 Å². The molecule has 2 aromatic carbocycles. The minimum absolute atomic E-state index is 0.588.